The van der Waals surface area contributed by atoms with Gasteiger partial charge in [-0.25, -0.2) is 0 Å². The molecular formula is C15H29N3O2. The van der Waals surface area contributed by atoms with Gasteiger partial charge in [0.2, 0.25) is 5.91 Å². The molecule has 0 aromatic heterocycles. The Balaban J connectivity index is 1.98. The molecule has 2 unspecified atom stereocenters. The van der Waals surface area contributed by atoms with Gasteiger partial charge in [-0.1, -0.05) is 6.92 Å². The predicted molar refractivity (Wildman–Crippen MR) is 79.4 cm³/mol. The number of nitrogens with zero attached hydrogens (tertiary/aromatic N) is 1. The van der Waals surface area contributed by atoms with E-state index in [0.717, 1.165) is 58.5 Å². The third-order valence-corrected chi connectivity index (χ3v) is 4.65. The summed E-state index contributed by atoms with van der Waals surface area (Å²) in [5.41, 5.74) is 5.26. The second-order valence-corrected chi connectivity index (χ2v) is 6.38. The number of carbonyl (C=O) groups is 1. The van der Waals surface area contributed by atoms with E-state index < -0.39 is 5.54 Å². The first-order chi connectivity index (χ1) is 9.62. The van der Waals surface area contributed by atoms with E-state index in [1.165, 1.54) is 0 Å². The van der Waals surface area contributed by atoms with Crippen molar-refractivity contribution in [3.05, 3.63) is 0 Å². The van der Waals surface area contributed by atoms with Crippen LogP contribution in [0.4, 0.5) is 0 Å². The fourth-order valence-electron chi connectivity index (χ4n) is 3.40. The molecule has 0 spiro atoms. The fourth-order valence-corrected chi connectivity index (χ4v) is 3.40. The van der Waals surface area contributed by atoms with Gasteiger partial charge in [0.1, 0.15) is 5.54 Å². The number of rotatable bonds is 9. The molecule has 3 N–H and O–H groups in total. The second kappa shape index (κ2) is 6.87. The normalized spacial score (nSPS) is 26.6. The Morgan fingerprint density at radius 3 is 2.75 bits per heavy atom. The highest BCUT2D eigenvalue weighted by molar-refractivity contribution is 5.86. The van der Waals surface area contributed by atoms with Gasteiger partial charge in [-0.3, -0.25) is 4.79 Å². The lowest BCUT2D eigenvalue weighted by Crippen LogP contribution is -2.63. The summed E-state index contributed by atoms with van der Waals surface area (Å²) in [5.74, 6) is 0.840. The second-order valence-electron chi connectivity index (χ2n) is 6.38. The Hall–Kier alpha value is -0.650. The molecule has 0 bridgehead atoms. The molecule has 116 valence electrons. The maximum absolute atomic E-state index is 12.1. The van der Waals surface area contributed by atoms with Crippen LogP contribution in [0.25, 0.3) is 0 Å². The zero-order chi connectivity index (χ0) is 14.6. The van der Waals surface area contributed by atoms with Crippen LogP contribution in [-0.2, 0) is 9.53 Å². The van der Waals surface area contributed by atoms with E-state index in [9.17, 15) is 4.79 Å². The molecule has 20 heavy (non-hydrogen) atoms. The van der Waals surface area contributed by atoms with Crippen LogP contribution in [-0.4, -0.2) is 56.2 Å². The van der Waals surface area contributed by atoms with Gasteiger partial charge >= 0.3 is 0 Å². The molecule has 1 heterocycles. The summed E-state index contributed by atoms with van der Waals surface area (Å²) in [6, 6.07) is 0. The lowest BCUT2D eigenvalue weighted by Gasteiger charge is -2.36. The number of likely N-dealkylation sites (tertiary alicyclic amines) is 1. The first kappa shape index (κ1) is 15.7. The monoisotopic (exact) mass is 283 g/mol. The number of hydrogen-bond acceptors (Lipinski definition) is 4. The summed E-state index contributed by atoms with van der Waals surface area (Å²) in [4.78, 5) is 14.5. The van der Waals surface area contributed by atoms with Crippen LogP contribution in [0.3, 0.4) is 0 Å². The minimum atomic E-state index is -0.516. The highest BCUT2D eigenvalue weighted by Gasteiger charge is 2.50. The van der Waals surface area contributed by atoms with Gasteiger partial charge in [0.15, 0.2) is 0 Å². The molecular weight excluding hydrogens is 254 g/mol. The number of nitrogens with one attached hydrogen (secondary N) is 1. The number of primary amides is 1. The van der Waals surface area contributed by atoms with Crippen LogP contribution in [0.1, 0.15) is 32.6 Å². The smallest absolute Gasteiger partial charge is 0.239 e. The summed E-state index contributed by atoms with van der Waals surface area (Å²) in [6.07, 6.45) is 4.42. The number of amides is 1. The number of hydrogen-bond donors (Lipinski definition) is 2. The SMILES string of the molecule is CCCNC(CN1CCC(COC)C1)(C(N)=O)C1CC1. The van der Waals surface area contributed by atoms with Crippen LogP contribution >= 0.6 is 0 Å². The summed E-state index contributed by atoms with van der Waals surface area (Å²) in [5, 5.41) is 3.47. The van der Waals surface area contributed by atoms with Crippen molar-refractivity contribution in [1.82, 2.24) is 10.2 Å². The summed E-state index contributed by atoms with van der Waals surface area (Å²) < 4.78 is 5.24. The number of ether oxygens (including phenoxy) is 1. The molecule has 0 aromatic rings. The minimum absolute atomic E-state index is 0.177. The Kier molecular flexibility index (Phi) is 5.41. The van der Waals surface area contributed by atoms with Crippen LogP contribution < -0.4 is 11.1 Å². The summed E-state index contributed by atoms with van der Waals surface area (Å²) in [6.45, 7) is 6.61. The number of methoxy groups -OCH3 is 1. The number of carbonyl (C=O) groups excluding carboxylic acids is 1. The Morgan fingerprint density at radius 2 is 2.20 bits per heavy atom. The maximum Gasteiger partial charge on any atom is 0.239 e. The molecule has 2 atom stereocenters. The van der Waals surface area contributed by atoms with E-state index in [2.05, 4.69) is 17.1 Å². The Labute approximate surface area is 122 Å². The molecule has 1 aliphatic heterocycles. The molecule has 0 radical (unpaired) electrons. The van der Waals surface area contributed by atoms with Crippen molar-refractivity contribution in [2.75, 3.05) is 39.9 Å². The Bertz CT molecular complexity index is 333. The van der Waals surface area contributed by atoms with Crippen molar-refractivity contribution in [1.29, 1.82) is 0 Å². The molecule has 1 aliphatic carbocycles. The zero-order valence-electron chi connectivity index (χ0n) is 12.9. The zero-order valence-corrected chi connectivity index (χ0v) is 12.9. The van der Waals surface area contributed by atoms with Gasteiger partial charge in [-0.05, 0) is 50.6 Å². The van der Waals surface area contributed by atoms with Gasteiger partial charge in [-0.2, -0.15) is 0 Å². The van der Waals surface area contributed by atoms with Crippen LogP contribution in [0.2, 0.25) is 0 Å². The third kappa shape index (κ3) is 3.51. The van der Waals surface area contributed by atoms with E-state index >= 15 is 0 Å². The molecule has 5 heteroatoms. The van der Waals surface area contributed by atoms with Crippen LogP contribution in [0.5, 0.6) is 0 Å². The molecule has 2 fully saturated rings. The first-order valence-electron chi connectivity index (χ1n) is 7.88. The highest BCUT2D eigenvalue weighted by atomic mass is 16.5. The summed E-state index contributed by atoms with van der Waals surface area (Å²) >= 11 is 0. The van der Waals surface area contributed by atoms with Crippen molar-refractivity contribution in [2.24, 2.45) is 17.6 Å². The van der Waals surface area contributed by atoms with E-state index in [4.69, 9.17) is 10.5 Å². The topological polar surface area (TPSA) is 67.6 Å². The van der Waals surface area contributed by atoms with Gasteiger partial charge in [0, 0.05) is 20.2 Å². The molecule has 0 aromatic carbocycles. The predicted octanol–water partition coefficient (Wildman–Crippen LogP) is 0.588. The molecule has 2 aliphatic rings. The average Bonchev–Trinajstić information content (AvgIpc) is 3.18. The lowest BCUT2D eigenvalue weighted by atomic mass is 9.91. The van der Waals surface area contributed by atoms with Gasteiger partial charge in [0.05, 0.1) is 6.61 Å². The lowest BCUT2D eigenvalue weighted by molar-refractivity contribution is -0.126. The molecule has 5 nitrogen and oxygen atoms in total. The van der Waals surface area contributed by atoms with Crippen molar-refractivity contribution < 1.29 is 9.53 Å². The molecule has 1 saturated carbocycles. The average molecular weight is 283 g/mol. The van der Waals surface area contributed by atoms with Gasteiger partial charge in [-0.15, -0.1) is 0 Å². The standard InChI is InChI=1S/C15H29N3O2/c1-3-7-17-15(14(16)19,13-4-5-13)11-18-8-6-12(9-18)10-20-2/h12-13,17H,3-11H2,1-2H3,(H2,16,19). The Morgan fingerprint density at radius 1 is 1.45 bits per heavy atom. The molecule has 1 amide bonds. The third-order valence-electron chi connectivity index (χ3n) is 4.65. The fraction of sp³-hybridized carbons (Fsp3) is 0.933. The quantitative estimate of drug-likeness (QED) is 0.650. The largest absolute Gasteiger partial charge is 0.384 e. The van der Waals surface area contributed by atoms with Crippen LogP contribution in [0, 0.1) is 11.8 Å². The molecule has 2 rings (SSSR count). The van der Waals surface area contributed by atoms with E-state index in [0.29, 0.717) is 11.8 Å². The van der Waals surface area contributed by atoms with E-state index in [-0.39, 0.29) is 5.91 Å². The number of nitrogens with two attached hydrogens (primary N) is 1. The van der Waals surface area contributed by atoms with Gasteiger partial charge in [0.25, 0.3) is 0 Å². The minimum Gasteiger partial charge on any atom is -0.384 e. The van der Waals surface area contributed by atoms with Gasteiger partial charge < -0.3 is 20.7 Å². The highest BCUT2D eigenvalue weighted by Crippen LogP contribution is 2.40. The van der Waals surface area contributed by atoms with E-state index in [1.807, 2.05) is 0 Å². The van der Waals surface area contributed by atoms with Crippen molar-refractivity contribution >= 4 is 5.91 Å². The van der Waals surface area contributed by atoms with E-state index in [1.54, 1.807) is 7.11 Å². The van der Waals surface area contributed by atoms with Crippen molar-refractivity contribution in [3.63, 3.8) is 0 Å². The van der Waals surface area contributed by atoms with Crippen molar-refractivity contribution in [2.45, 2.75) is 38.1 Å². The summed E-state index contributed by atoms with van der Waals surface area (Å²) in [7, 11) is 1.75. The van der Waals surface area contributed by atoms with Crippen LogP contribution in [0.15, 0.2) is 0 Å². The first-order valence-corrected chi connectivity index (χ1v) is 7.88. The van der Waals surface area contributed by atoms with Crippen molar-refractivity contribution in [3.8, 4) is 0 Å². The molecule has 1 saturated heterocycles. The maximum atomic E-state index is 12.1.